The first-order chi connectivity index (χ1) is 12.1. The van der Waals surface area contributed by atoms with Gasteiger partial charge in [0.1, 0.15) is 0 Å². The Bertz CT molecular complexity index is 854. The molecule has 0 fully saturated rings. The van der Waals surface area contributed by atoms with E-state index in [1.165, 1.54) is 21.3 Å². The Balaban J connectivity index is 2.02. The minimum atomic E-state index is -0.509. The minimum Gasteiger partial charge on any atom is -0.493 e. The lowest BCUT2D eigenvalue weighted by molar-refractivity contribution is -0.129. The van der Waals surface area contributed by atoms with Crippen LogP contribution in [0.15, 0.2) is 41.2 Å². The summed E-state index contributed by atoms with van der Waals surface area (Å²) in [5, 5.41) is 0. The normalized spacial score (nSPS) is 15.1. The van der Waals surface area contributed by atoms with E-state index in [0.717, 1.165) is 5.69 Å². The fraction of sp³-hybridized carbons (Fsp3) is 0.222. The molecule has 1 aliphatic heterocycles. The number of cyclic esters (lactones) is 1. The van der Waals surface area contributed by atoms with E-state index in [1.807, 2.05) is 29.9 Å². The van der Waals surface area contributed by atoms with E-state index < -0.39 is 5.97 Å². The molecule has 2 heterocycles. The Morgan fingerprint density at radius 3 is 2.32 bits per heavy atom. The van der Waals surface area contributed by atoms with Gasteiger partial charge in [-0.05, 0) is 30.3 Å². The van der Waals surface area contributed by atoms with Crippen molar-refractivity contribution in [2.45, 2.75) is 0 Å². The molecule has 0 amide bonds. The number of carbonyl (C=O) groups is 1. The van der Waals surface area contributed by atoms with Crippen LogP contribution in [0, 0.1) is 0 Å². The Kier molecular flexibility index (Phi) is 4.47. The molecular formula is C18H18N2O5. The van der Waals surface area contributed by atoms with Gasteiger partial charge in [0.15, 0.2) is 17.2 Å². The van der Waals surface area contributed by atoms with Crippen molar-refractivity contribution in [3.8, 4) is 17.2 Å². The van der Waals surface area contributed by atoms with Crippen molar-refractivity contribution in [3.05, 3.63) is 47.4 Å². The maximum atomic E-state index is 12.1. The van der Waals surface area contributed by atoms with E-state index in [0.29, 0.717) is 22.8 Å². The second kappa shape index (κ2) is 6.72. The SMILES string of the molecule is COc1cc(C2=N/C(=C\c3cccn3C)C(=O)O2)cc(OC)c1OC. The summed E-state index contributed by atoms with van der Waals surface area (Å²) in [6.07, 6.45) is 3.56. The van der Waals surface area contributed by atoms with E-state index in [2.05, 4.69) is 4.99 Å². The Hall–Kier alpha value is -3.22. The quantitative estimate of drug-likeness (QED) is 0.616. The smallest absolute Gasteiger partial charge is 0.363 e. The lowest BCUT2D eigenvalue weighted by atomic mass is 10.2. The van der Waals surface area contributed by atoms with E-state index >= 15 is 0 Å². The predicted octanol–water partition coefficient (Wildman–Crippen LogP) is 2.40. The number of nitrogens with zero attached hydrogens (tertiary/aromatic N) is 2. The van der Waals surface area contributed by atoms with Gasteiger partial charge in [0.25, 0.3) is 0 Å². The molecule has 0 spiro atoms. The monoisotopic (exact) mass is 342 g/mol. The molecule has 3 rings (SSSR count). The third-order valence-electron chi connectivity index (χ3n) is 3.80. The third kappa shape index (κ3) is 3.08. The lowest BCUT2D eigenvalue weighted by Gasteiger charge is -2.13. The van der Waals surface area contributed by atoms with Crippen molar-refractivity contribution >= 4 is 17.9 Å². The number of carbonyl (C=O) groups excluding carboxylic acids is 1. The maximum Gasteiger partial charge on any atom is 0.363 e. The zero-order valence-electron chi connectivity index (χ0n) is 14.4. The van der Waals surface area contributed by atoms with E-state index in [4.69, 9.17) is 18.9 Å². The number of esters is 1. The lowest BCUT2D eigenvalue weighted by Crippen LogP contribution is -2.07. The molecule has 0 saturated heterocycles. The van der Waals surface area contributed by atoms with Gasteiger partial charge in [-0.2, -0.15) is 0 Å². The molecule has 0 radical (unpaired) electrons. The number of benzene rings is 1. The Labute approximate surface area is 145 Å². The molecule has 25 heavy (non-hydrogen) atoms. The minimum absolute atomic E-state index is 0.185. The second-order valence-corrected chi connectivity index (χ2v) is 5.29. The molecule has 1 aromatic carbocycles. The summed E-state index contributed by atoms with van der Waals surface area (Å²) in [5.41, 5.74) is 1.63. The molecular weight excluding hydrogens is 324 g/mol. The summed E-state index contributed by atoms with van der Waals surface area (Å²) in [7, 11) is 6.44. The molecule has 0 bridgehead atoms. The molecule has 7 nitrogen and oxygen atoms in total. The Morgan fingerprint density at radius 2 is 1.80 bits per heavy atom. The number of aromatic nitrogens is 1. The van der Waals surface area contributed by atoms with Crippen LogP contribution in [0.25, 0.3) is 6.08 Å². The van der Waals surface area contributed by atoms with Gasteiger partial charge in [0.05, 0.1) is 21.3 Å². The van der Waals surface area contributed by atoms with Gasteiger partial charge in [-0.1, -0.05) is 0 Å². The highest BCUT2D eigenvalue weighted by Crippen LogP contribution is 2.39. The van der Waals surface area contributed by atoms with Gasteiger partial charge >= 0.3 is 5.97 Å². The van der Waals surface area contributed by atoms with Crippen molar-refractivity contribution in [3.63, 3.8) is 0 Å². The first-order valence-corrected chi connectivity index (χ1v) is 7.51. The van der Waals surface area contributed by atoms with Crippen LogP contribution in [0.2, 0.25) is 0 Å². The average Bonchev–Trinajstić information content (AvgIpc) is 3.20. The summed E-state index contributed by atoms with van der Waals surface area (Å²) in [5.74, 6) is 1.04. The molecule has 1 aromatic heterocycles. The molecule has 0 aliphatic carbocycles. The van der Waals surface area contributed by atoms with Crippen molar-refractivity contribution in [1.29, 1.82) is 0 Å². The molecule has 0 saturated carbocycles. The van der Waals surface area contributed by atoms with Crippen molar-refractivity contribution in [1.82, 2.24) is 4.57 Å². The van der Waals surface area contributed by atoms with E-state index in [1.54, 1.807) is 18.2 Å². The standard InChI is InChI=1S/C18H18N2O5/c1-20-7-5-6-12(20)10-13-18(21)25-17(19-13)11-8-14(22-2)16(24-4)15(9-11)23-3/h5-10H,1-4H3/b13-10-. The van der Waals surface area contributed by atoms with E-state index in [9.17, 15) is 4.79 Å². The van der Waals surface area contributed by atoms with Gasteiger partial charge in [-0.25, -0.2) is 9.79 Å². The maximum absolute atomic E-state index is 12.1. The first-order valence-electron chi connectivity index (χ1n) is 7.51. The zero-order valence-corrected chi connectivity index (χ0v) is 14.4. The molecule has 2 aromatic rings. The van der Waals surface area contributed by atoms with Crippen molar-refractivity contribution in [2.75, 3.05) is 21.3 Å². The fourth-order valence-corrected chi connectivity index (χ4v) is 2.50. The number of aryl methyl sites for hydroxylation is 1. The number of ether oxygens (including phenoxy) is 4. The summed E-state index contributed by atoms with van der Waals surface area (Å²) in [6.45, 7) is 0. The van der Waals surface area contributed by atoms with Gasteiger partial charge in [-0.15, -0.1) is 0 Å². The number of methoxy groups -OCH3 is 3. The zero-order chi connectivity index (χ0) is 18.0. The van der Waals surface area contributed by atoms with Gasteiger partial charge in [0.2, 0.25) is 11.6 Å². The number of rotatable bonds is 5. The van der Waals surface area contributed by atoms with Crippen LogP contribution in [0.3, 0.4) is 0 Å². The van der Waals surface area contributed by atoms with Crippen molar-refractivity contribution < 1.29 is 23.7 Å². The summed E-state index contributed by atoms with van der Waals surface area (Å²) in [4.78, 5) is 16.4. The molecule has 7 heteroatoms. The van der Waals surface area contributed by atoms with Crippen LogP contribution in [-0.2, 0) is 16.6 Å². The molecule has 1 aliphatic rings. The molecule has 130 valence electrons. The van der Waals surface area contributed by atoms with Gasteiger partial charge in [0, 0.05) is 24.5 Å². The number of aliphatic imine (C=N–C) groups is 1. The van der Waals surface area contributed by atoms with Gasteiger partial charge in [-0.3, -0.25) is 0 Å². The van der Waals surface area contributed by atoms with Gasteiger partial charge < -0.3 is 23.5 Å². The van der Waals surface area contributed by atoms with Crippen LogP contribution < -0.4 is 14.2 Å². The molecule has 0 unspecified atom stereocenters. The van der Waals surface area contributed by atoms with E-state index in [-0.39, 0.29) is 11.6 Å². The van der Waals surface area contributed by atoms with Crippen LogP contribution >= 0.6 is 0 Å². The average molecular weight is 342 g/mol. The van der Waals surface area contributed by atoms with Crippen LogP contribution in [-0.4, -0.2) is 37.8 Å². The highest BCUT2D eigenvalue weighted by atomic mass is 16.6. The molecule has 0 N–H and O–H groups in total. The summed E-state index contributed by atoms with van der Waals surface area (Å²) in [6, 6.07) is 7.13. The summed E-state index contributed by atoms with van der Waals surface area (Å²) < 4.78 is 23.1. The predicted molar refractivity (Wildman–Crippen MR) is 92.1 cm³/mol. The summed E-state index contributed by atoms with van der Waals surface area (Å²) >= 11 is 0. The second-order valence-electron chi connectivity index (χ2n) is 5.29. The fourth-order valence-electron chi connectivity index (χ4n) is 2.50. The van der Waals surface area contributed by atoms with Crippen molar-refractivity contribution in [2.24, 2.45) is 12.0 Å². The largest absolute Gasteiger partial charge is 0.493 e. The van der Waals surface area contributed by atoms with Crippen LogP contribution in [0.1, 0.15) is 11.3 Å². The third-order valence-corrected chi connectivity index (χ3v) is 3.80. The van der Waals surface area contributed by atoms with Crippen LogP contribution in [0.4, 0.5) is 0 Å². The number of hydrogen-bond donors (Lipinski definition) is 0. The molecule has 0 atom stereocenters. The topological polar surface area (TPSA) is 71.3 Å². The first kappa shape index (κ1) is 16.6. The number of hydrogen-bond acceptors (Lipinski definition) is 6. The highest BCUT2D eigenvalue weighted by Gasteiger charge is 2.26. The Morgan fingerprint density at radius 1 is 1.12 bits per heavy atom. The van der Waals surface area contributed by atoms with Crippen LogP contribution in [0.5, 0.6) is 17.2 Å². The highest BCUT2D eigenvalue weighted by molar-refractivity contribution is 6.13.